The lowest BCUT2D eigenvalue weighted by Crippen LogP contribution is -2.43. The van der Waals surface area contributed by atoms with E-state index in [1.165, 1.54) is 5.01 Å². The van der Waals surface area contributed by atoms with Crippen molar-refractivity contribution in [3.8, 4) is 0 Å². The summed E-state index contributed by atoms with van der Waals surface area (Å²) < 4.78 is 67.6. The predicted octanol–water partition coefficient (Wildman–Crippen LogP) is 6.07. The summed E-state index contributed by atoms with van der Waals surface area (Å²) in [7, 11) is 0. The van der Waals surface area contributed by atoms with Crippen molar-refractivity contribution in [1.82, 2.24) is 5.32 Å². The summed E-state index contributed by atoms with van der Waals surface area (Å²) in [6.45, 7) is 3.31. The molecule has 2 aromatic carbocycles. The number of alkyl halides is 5. The number of hydrazone groups is 1. The van der Waals surface area contributed by atoms with Crippen LogP contribution in [0.15, 0.2) is 53.6 Å². The summed E-state index contributed by atoms with van der Waals surface area (Å²) in [6.07, 6.45) is -5.35. The molecular weight excluding hydrogens is 486 g/mol. The van der Waals surface area contributed by atoms with Gasteiger partial charge in [-0.05, 0) is 42.8 Å². The van der Waals surface area contributed by atoms with Crippen molar-refractivity contribution in [3.05, 3.63) is 59.1 Å². The maximum absolute atomic E-state index is 14.2. The first kappa shape index (κ1) is 25.5. The van der Waals surface area contributed by atoms with E-state index in [9.17, 15) is 22.0 Å². The van der Waals surface area contributed by atoms with Crippen LogP contribution in [0.1, 0.15) is 24.4 Å². The summed E-state index contributed by atoms with van der Waals surface area (Å²) in [5.74, 6) is -5.03. The summed E-state index contributed by atoms with van der Waals surface area (Å²) in [5, 5.41) is 8.46. The van der Waals surface area contributed by atoms with Crippen molar-refractivity contribution in [2.45, 2.75) is 31.0 Å². The van der Waals surface area contributed by atoms with Crippen LogP contribution in [-0.4, -0.2) is 44.0 Å². The van der Waals surface area contributed by atoms with Crippen molar-refractivity contribution < 1.29 is 22.0 Å². The number of nitrogens with zero attached hydrogens (tertiary/aromatic N) is 3. The van der Waals surface area contributed by atoms with Crippen LogP contribution in [0.2, 0.25) is 5.02 Å². The quantitative estimate of drug-likeness (QED) is 0.508. The molecule has 2 aromatic rings. The van der Waals surface area contributed by atoms with Gasteiger partial charge < -0.3 is 10.2 Å². The second-order valence-electron chi connectivity index (χ2n) is 7.82. The van der Waals surface area contributed by atoms with Crippen LogP contribution in [0.5, 0.6) is 0 Å². The van der Waals surface area contributed by atoms with E-state index in [0.717, 1.165) is 38.3 Å². The fraction of sp³-hybridized carbons (Fsp3) is 0.409. The van der Waals surface area contributed by atoms with Crippen LogP contribution < -0.4 is 15.2 Å². The number of para-hydroxylation sites is 1. The third kappa shape index (κ3) is 5.20. The fourth-order valence-electron chi connectivity index (χ4n) is 4.02. The fourth-order valence-corrected chi connectivity index (χ4v) is 4.24. The molecule has 2 heterocycles. The molecule has 4 rings (SSSR count). The molecule has 4 nitrogen and oxygen atoms in total. The summed E-state index contributed by atoms with van der Waals surface area (Å²) in [4.78, 5) is 2.17. The van der Waals surface area contributed by atoms with E-state index in [4.69, 9.17) is 11.6 Å². The third-order valence-corrected chi connectivity index (χ3v) is 6.01. The number of nitrogens with one attached hydrogen (secondary N) is 1. The topological polar surface area (TPSA) is 30.9 Å². The minimum Gasteiger partial charge on any atom is -0.370 e. The first-order valence-corrected chi connectivity index (χ1v) is 10.7. The Balaban J connectivity index is 0.00000306. The molecule has 0 aromatic heterocycles. The molecule has 0 bridgehead atoms. The predicted molar refractivity (Wildman–Crippen MR) is 123 cm³/mol. The second kappa shape index (κ2) is 10.0. The zero-order valence-electron chi connectivity index (χ0n) is 17.5. The highest BCUT2D eigenvalue weighted by molar-refractivity contribution is 6.33. The second-order valence-corrected chi connectivity index (χ2v) is 8.23. The Labute approximate surface area is 199 Å². The van der Waals surface area contributed by atoms with Crippen LogP contribution in [0, 0.1) is 0 Å². The average Bonchev–Trinajstić information content (AvgIpc) is 3.02. The lowest BCUT2D eigenvalue weighted by Gasteiger charge is -2.27. The minimum absolute atomic E-state index is 0. The van der Waals surface area contributed by atoms with Gasteiger partial charge in [-0.2, -0.15) is 27.1 Å². The Morgan fingerprint density at radius 2 is 1.73 bits per heavy atom. The molecule has 180 valence electrons. The zero-order chi connectivity index (χ0) is 22.9. The van der Waals surface area contributed by atoms with Crippen LogP contribution in [-0.2, 0) is 0 Å². The van der Waals surface area contributed by atoms with Gasteiger partial charge in [0.2, 0.25) is 0 Å². The van der Waals surface area contributed by atoms with E-state index in [2.05, 4.69) is 15.3 Å². The van der Waals surface area contributed by atoms with Gasteiger partial charge in [-0.1, -0.05) is 35.9 Å². The van der Waals surface area contributed by atoms with Crippen molar-refractivity contribution in [2.24, 2.45) is 5.10 Å². The first-order valence-electron chi connectivity index (χ1n) is 10.3. The molecule has 0 saturated carbocycles. The number of anilines is 2. The maximum Gasteiger partial charge on any atom is 0.459 e. The number of rotatable bonds is 4. The lowest BCUT2D eigenvalue weighted by molar-refractivity contribution is -0.249. The van der Waals surface area contributed by atoms with Crippen molar-refractivity contribution in [2.75, 3.05) is 36.1 Å². The average molecular weight is 509 g/mol. The number of hydrogen-bond donors (Lipinski definition) is 1. The van der Waals surface area contributed by atoms with Crippen LogP contribution in [0.4, 0.5) is 33.3 Å². The molecule has 11 heteroatoms. The van der Waals surface area contributed by atoms with E-state index in [1.54, 1.807) is 36.4 Å². The standard InChI is InChI=1S/C22H22ClF5N4.ClH/c23-17-7-1-2-8-18(17)32-19(14-20(30-32)21(24,25)22(26,27)28)15-5-3-6-16(13-15)31-11-4-9-29-10-12-31;/h1-3,5-8,13,19,29H,4,9-12,14H2;1H. The van der Waals surface area contributed by atoms with E-state index in [1.807, 2.05) is 12.1 Å². The summed E-state index contributed by atoms with van der Waals surface area (Å²) in [6, 6.07) is 12.8. The first-order chi connectivity index (χ1) is 15.2. The zero-order valence-corrected chi connectivity index (χ0v) is 19.0. The Kier molecular flexibility index (Phi) is 7.76. The molecule has 0 radical (unpaired) electrons. The van der Waals surface area contributed by atoms with Crippen LogP contribution in [0.3, 0.4) is 0 Å². The van der Waals surface area contributed by atoms with Crippen molar-refractivity contribution >= 4 is 41.1 Å². The monoisotopic (exact) mass is 508 g/mol. The molecule has 1 atom stereocenters. The molecule has 0 spiro atoms. The normalized spacial score (nSPS) is 19.7. The van der Waals surface area contributed by atoms with E-state index in [0.29, 0.717) is 5.56 Å². The van der Waals surface area contributed by atoms with Gasteiger partial charge in [-0.3, -0.25) is 5.01 Å². The lowest BCUT2D eigenvalue weighted by atomic mass is 9.98. The van der Waals surface area contributed by atoms with E-state index < -0.39 is 30.3 Å². The molecule has 0 aliphatic carbocycles. The highest BCUT2D eigenvalue weighted by Crippen LogP contribution is 2.46. The maximum atomic E-state index is 14.2. The van der Waals surface area contributed by atoms with Gasteiger partial charge in [-0.25, -0.2) is 0 Å². The van der Waals surface area contributed by atoms with Crippen molar-refractivity contribution in [1.29, 1.82) is 0 Å². The number of hydrogen-bond acceptors (Lipinski definition) is 4. The largest absolute Gasteiger partial charge is 0.459 e. The summed E-state index contributed by atoms with van der Waals surface area (Å²) in [5.41, 5.74) is 0.536. The highest BCUT2D eigenvalue weighted by atomic mass is 35.5. The molecule has 0 amide bonds. The highest BCUT2D eigenvalue weighted by Gasteiger charge is 2.62. The SMILES string of the molecule is Cl.FC(F)(F)C(F)(F)C1=NN(c2ccccc2Cl)C(c2cccc(N3CCCNCC3)c2)C1. The Morgan fingerprint density at radius 1 is 0.970 bits per heavy atom. The Bertz CT molecular complexity index is 991. The minimum atomic E-state index is -5.73. The molecule has 2 aliphatic heterocycles. The Hall–Kier alpha value is -2.10. The van der Waals surface area contributed by atoms with Gasteiger partial charge >= 0.3 is 12.1 Å². The molecule has 1 saturated heterocycles. The smallest absolute Gasteiger partial charge is 0.370 e. The van der Waals surface area contributed by atoms with Gasteiger partial charge in [0.05, 0.1) is 16.8 Å². The molecule has 1 fully saturated rings. The number of benzene rings is 2. The molecule has 33 heavy (non-hydrogen) atoms. The van der Waals surface area contributed by atoms with Gasteiger partial charge in [0, 0.05) is 31.7 Å². The Morgan fingerprint density at radius 3 is 2.45 bits per heavy atom. The third-order valence-electron chi connectivity index (χ3n) is 5.69. The van der Waals surface area contributed by atoms with E-state index >= 15 is 0 Å². The van der Waals surface area contributed by atoms with Crippen LogP contribution in [0.25, 0.3) is 0 Å². The molecule has 2 aliphatic rings. The van der Waals surface area contributed by atoms with Gasteiger partial charge in [0.25, 0.3) is 0 Å². The molecule has 1 unspecified atom stereocenters. The summed E-state index contributed by atoms with van der Waals surface area (Å²) >= 11 is 6.24. The molecule has 1 N–H and O–H groups in total. The van der Waals surface area contributed by atoms with Gasteiger partial charge in [0.15, 0.2) is 0 Å². The molecular formula is C22H23Cl2F5N4. The van der Waals surface area contributed by atoms with Crippen molar-refractivity contribution in [3.63, 3.8) is 0 Å². The van der Waals surface area contributed by atoms with Gasteiger partial charge in [-0.15, -0.1) is 12.4 Å². The van der Waals surface area contributed by atoms with Gasteiger partial charge in [0.1, 0.15) is 5.71 Å². The number of halogens is 7. The van der Waals surface area contributed by atoms with E-state index in [-0.39, 0.29) is 23.1 Å². The van der Waals surface area contributed by atoms with Crippen LogP contribution >= 0.6 is 24.0 Å².